The molecule has 1 amide bonds. The maximum atomic E-state index is 11.8. The summed E-state index contributed by atoms with van der Waals surface area (Å²) < 4.78 is 9.95. The summed E-state index contributed by atoms with van der Waals surface area (Å²) >= 11 is 0. The lowest BCUT2D eigenvalue weighted by molar-refractivity contribution is -0.142. The molecule has 1 aromatic rings. The second-order valence-electron chi connectivity index (χ2n) is 6.01. The predicted octanol–water partition coefficient (Wildman–Crippen LogP) is 2.56. The molecular formula is C16H24N2O4. The van der Waals surface area contributed by atoms with Gasteiger partial charge in [-0.2, -0.15) is 0 Å². The first-order valence-corrected chi connectivity index (χ1v) is 7.06. The Morgan fingerprint density at radius 2 is 1.95 bits per heavy atom. The van der Waals surface area contributed by atoms with Crippen molar-refractivity contribution in [3.63, 3.8) is 0 Å². The summed E-state index contributed by atoms with van der Waals surface area (Å²) in [6.07, 6.45) is -0.522. The summed E-state index contributed by atoms with van der Waals surface area (Å²) in [7, 11) is 1.33. The topological polar surface area (TPSA) is 90.6 Å². The van der Waals surface area contributed by atoms with Crippen LogP contribution in [-0.4, -0.2) is 31.3 Å². The van der Waals surface area contributed by atoms with Gasteiger partial charge in [-0.05, 0) is 44.9 Å². The van der Waals surface area contributed by atoms with Gasteiger partial charge in [-0.25, -0.2) is 4.79 Å². The van der Waals surface area contributed by atoms with E-state index in [2.05, 4.69) is 5.32 Å². The molecule has 0 aliphatic carbocycles. The van der Waals surface area contributed by atoms with E-state index in [1.807, 2.05) is 6.92 Å². The first kappa shape index (κ1) is 18.0. The van der Waals surface area contributed by atoms with Gasteiger partial charge in [0.1, 0.15) is 5.60 Å². The standard InChI is InChI=1S/C16H24N2O4/c1-10-8-11(12(9-17)14(19)21-5)6-7-13(10)18-15(20)22-16(2,3)4/h6-8,12H,9,17H2,1-5H3,(H,18,20). The normalized spacial score (nSPS) is 12.5. The highest BCUT2D eigenvalue weighted by Gasteiger charge is 2.21. The lowest BCUT2D eigenvalue weighted by atomic mass is 9.97. The SMILES string of the molecule is COC(=O)C(CN)c1ccc(NC(=O)OC(C)(C)C)c(C)c1. The van der Waals surface area contributed by atoms with Crippen molar-refractivity contribution in [1.82, 2.24) is 0 Å². The van der Waals surface area contributed by atoms with Crippen LogP contribution in [0.25, 0.3) is 0 Å². The zero-order valence-electron chi connectivity index (χ0n) is 13.7. The number of benzene rings is 1. The Morgan fingerprint density at radius 1 is 1.32 bits per heavy atom. The van der Waals surface area contributed by atoms with Crippen LogP contribution in [-0.2, 0) is 14.3 Å². The quantitative estimate of drug-likeness (QED) is 0.834. The van der Waals surface area contributed by atoms with Crippen LogP contribution in [0.4, 0.5) is 10.5 Å². The largest absolute Gasteiger partial charge is 0.469 e. The van der Waals surface area contributed by atoms with Crippen LogP contribution in [0.2, 0.25) is 0 Å². The van der Waals surface area contributed by atoms with Crippen molar-refractivity contribution < 1.29 is 19.1 Å². The minimum absolute atomic E-state index is 0.158. The van der Waals surface area contributed by atoms with E-state index in [9.17, 15) is 9.59 Å². The fourth-order valence-electron chi connectivity index (χ4n) is 1.97. The van der Waals surface area contributed by atoms with Crippen LogP contribution in [0.5, 0.6) is 0 Å². The molecule has 3 N–H and O–H groups in total. The van der Waals surface area contributed by atoms with Gasteiger partial charge in [-0.3, -0.25) is 10.1 Å². The molecule has 0 aromatic heterocycles. The average Bonchev–Trinajstić information content (AvgIpc) is 2.40. The summed E-state index contributed by atoms with van der Waals surface area (Å²) in [6.45, 7) is 7.38. The molecule has 1 unspecified atom stereocenters. The number of hydrogen-bond acceptors (Lipinski definition) is 5. The number of methoxy groups -OCH3 is 1. The first-order valence-electron chi connectivity index (χ1n) is 7.06. The molecule has 0 fully saturated rings. The highest BCUT2D eigenvalue weighted by molar-refractivity contribution is 5.86. The number of ether oxygens (including phenoxy) is 2. The monoisotopic (exact) mass is 308 g/mol. The van der Waals surface area contributed by atoms with Gasteiger partial charge in [-0.1, -0.05) is 12.1 Å². The molecule has 0 bridgehead atoms. The van der Waals surface area contributed by atoms with Crippen LogP contribution in [0.1, 0.15) is 37.8 Å². The van der Waals surface area contributed by atoms with E-state index >= 15 is 0 Å². The molecule has 1 atom stereocenters. The molecule has 0 saturated carbocycles. The maximum Gasteiger partial charge on any atom is 0.412 e. The zero-order valence-corrected chi connectivity index (χ0v) is 13.7. The highest BCUT2D eigenvalue weighted by Crippen LogP contribution is 2.23. The predicted molar refractivity (Wildman–Crippen MR) is 84.8 cm³/mol. The lowest BCUT2D eigenvalue weighted by Gasteiger charge is -2.20. The number of nitrogens with two attached hydrogens (primary N) is 1. The van der Waals surface area contributed by atoms with E-state index < -0.39 is 17.6 Å². The van der Waals surface area contributed by atoms with Crippen LogP contribution in [0.15, 0.2) is 18.2 Å². The summed E-state index contributed by atoms with van der Waals surface area (Å²) in [5.74, 6) is -0.894. The number of nitrogens with one attached hydrogen (secondary N) is 1. The Balaban J connectivity index is 2.90. The third kappa shape index (κ3) is 5.04. The minimum Gasteiger partial charge on any atom is -0.469 e. The number of rotatable bonds is 4. The lowest BCUT2D eigenvalue weighted by Crippen LogP contribution is -2.27. The van der Waals surface area contributed by atoms with E-state index in [1.165, 1.54) is 7.11 Å². The number of esters is 1. The molecule has 0 aliphatic heterocycles. The third-order valence-electron chi connectivity index (χ3n) is 3.01. The Labute approximate surface area is 131 Å². The van der Waals surface area contributed by atoms with Crippen molar-refractivity contribution in [2.45, 2.75) is 39.2 Å². The van der Waals surface area contributed by atoms with Gasteiger partial charge in [0, 0.05) is 12.2 Å². The van der Waals surface area contributed by atoms with Crippen molar-refractivity contribution in [3.8, 4) is 0 Å². The van der Waals surface area contributed by atoms with Crippen LogP contribution >= 0.6 is 0 Å². The minimum atomic E-state index is -0.562. The number of carbonyl (C=O) groups is 2. The fourth-order valence-corrected chi connectivity index (χ4v) is 1.97. The average molecular weight is 308 g/mol. The molecule has 0 spiro atoms. The van der Waals surface area contributed by atoms with Crippen molar-refractivity contribution in [3.05, 3.63) is 29.3 Å². The summed E-state index contributed by atoms with van der Waals surface area (Å²) in [5, 5.41) is 2.69. The van der Waals surface area contributed by atoms with Gasteiger partial charge >= 0.3 is 12.1 Å². The van der Waals surface area contributed by atoms with E-state index in [4.69, 9.17) is 15.2 Å². The van der Waals surface area contributed by atoms with E-state index in [0.29, 0.717) is 5.69 Å². The van der Waals surface area contributed by atoms with Gasteiger partial charge in [0.2, 0.25) is 0 Å². The smallest absolute Gasteiger partial charge is 0.412 e. The Kier molecular flexibility index (Phi) is 5.93. The van der Waals surface area contributed by atoms with Gasteiger partial charge < -0.3 is 15.2 Å². The summed E-state index contributed by atoms with van der Waals surface area (Å²) in [6, 6.07) is 5.27. The van der Waals surface area contributed by atoms with Gasteiger partial charge in [0.25, 0.3) is 0 Å². The van der Waals surface area contributed by atoms with Crippen LogP contribution < -0.4 is 11.1 Å². The van der Waals surface area contributed by atoms with Crippen LogP contribution in [0.3, 0.4) is 0 Å². The number of carbonyl (C=O) groups excluding carboxylic acids is 2. The summed E-state index contributed by atoms with van der Waals surface area (Å²) in [5.41, 5.74) is 7.25. The zero-order chi connectivity index (χ0) is 16.9. The fraction of sp³-hybridized carbons (Fsp3) is 0.500. The van der Waals surface area contributed by atoms with E-state index in [1.54, 1.807) is 39.0 Å². The molecule has 0 aliphatic rings. The van der Waals surface area contributed by atoms with Crippen molar-refractivity contribution >= 4 is 17.7 Å². The molecule has 1 aromatic carbocycles. The number of amides is 1. The van der Waals surface area contributed by atoms with Crippen molar-refractivity contribution in [1.29, 1.82) is 0 Å². The van der Waals surface area contributed by atoms with Gasteiger partial charge in [0.05, 0.1) is 13.0 Å². The maximum absolute atomic E-state index is 11.8. The number of hydrogen-bond donors (Lipinski definition) is 2. The van der Waals surface area contributed by atoms with E-state index in [0.717, 1.165) is 11.1 Å². The Hall–Kier alpha value is -2.08. The van der Waals surface area contributed by atoms with Gasteiger partial charge in [0.15, 0.2) is 0 Å². The molecule has 1 rings (SSSR count). The second kappa shape index (κ2) is 7.26. The van der Waals surface area contributed by atoms with Crippen molar-refractivity contribution in [2.24, 2.45) is 5.73 Å². The molecule has 6 heteroatoms. The summed E-state index contributed by atoms with van der Waals surface area (Å²) in [4.78, 5) is 23.5. The molecule has 0 heterocycles. The third-order valence-corrected chi connectivity index (χ3v) is 3.01. The molecule has 0 radical (unpaired) electrons. The Morgan fingerprint density at radius 3 is 2.41 bits per heavy atom. The van der Waals surface area contributed by atoms with Crippen molar-refractivity contribution in [2.75, 3.05) is 19.0 Å². The second-order valence-corrected chi connectivity index (χ2v) is 6.01. The van der Waals surface area contributed by atoms with Crippen LogP contribution in [0, 0.1) is 6.92 Å². The number of anilines is 1. The highest BCUT2D eigenvalue weighted by atomic mass is 16.6. The molecule has 122 valence electrons. The molecular weight excluding hydrogens is 284 g/mol. The van der Waals surface area contributed by atoms with E-state index in [-0.39, 0.29) is 12.5 Å². The first-order chi connectivity index (χ1) is 10.2. The molecule has 0 saturated heterocycles. The Bertz CT molecular complexity index is 550. The molecule has 6 nitrogen and oxygen atoms in total. The number of aryl methyl sites for hydroxylation is 1. The van der Waals surface area contributed by atoms with Gasteiger partial charge in [-0.15, -0.1) is 0 Å². The molecule has 22 heavy (non-hydrogen) atoms.